The molecule has 1 aliphatic carbocycles. The molecule has 2 N–H and O–H groups in total. The number of nitrogens with one attached hydrogen (secondary N) is 2. The van der Waals surface area contributed by atoms with Crippen molar-refractivity contribution in [1.82, 2.24) is 20.0 Å². The number of nitrogens with zero attached hydrogens (tertiary/aromatic N) is 4. The van der Waals surface area contributed by atoms with Gasteiger partial charge >= 0.3 is 18.0 Å². The van der Waals surface area contributed by atoms with E-state index in [9.17, 15) is 54.7 Å². The highest BCUT2D eigenvalue weighted by Gasteiger charge is 2.86. The first-order valence-electron chi connectivity index (χ1n) is 16.2. The van der Waals surface area contributed by atoms with E-state index in [1.807, 2.05) is 4.90 Å². The number of fused-ring (bicyclic) bond motifs is 1. The molecule has 0 bridgehead atoms. The Bertz CT molecular complexity index is 2170. The van der Waals surface area contributed by atoms with Crippen LogP contribution in [0.5, 0.6) is 0 Å². The van der Waals surface area contributed by atoms with E-state index < -0.39 is 81.9 Å². The number of carbonyl (C=O) groups excluding carboxylic acids is 5. The number of alkyl halides is 7. The van der Waals surface area contributed by atoms with Crippen LogP contribution in [0.1, 0.15) is 70.0 Å². The summed E-state index contributed by atoms with van der Waals surface area (Å²) in [6.45, 7) is 3.67. The van der Waals surface area contributed by atoms with E-state index in [4.69, 9.17) is 0 Å². The van der Waals surface area contributed by atoms with Gasteiger partial charge in [0.2, 0.25) is 11.8 Å². The lowest BCUT2D eigenvalue weighted by Crippen LogP contribution is -2.54. The van der Waals surface area contributed by atoms with Gasteiger partial charge in [-0.15, -0.1) is 0 Å². The van der Waals surface area contributed by atoms with Gasteiger partial charge in [-0.05, 0) is 62.2 Å². The van der Waals surface area contributed by atoms with Crippen LogP contribution >= 0.6 is 0 Å². The molecule has 4 aliphatic rings. The van der Waals surface area contributed by atoms with Gasteiger partial charge in [0, 0.05) is 37.1 Å². The number of hydrogen-bond acceptors (Lipinski definition) is 7. The predicted molar refractivity (Wildman–Crippen MR) is 170 cm³/mol. The van der Waals surface area contributed by atoms with Crippen molar-refractivity contribution in [3.05, 3.63) is 76.6 Å². The predicted octanol–water partition coefficient (Wildman–Crippen LogP) is 4.53. The first-order chi connectivity index (χ1) is 24.7. The van der Waals surface area contributed by atoms with Gasteiger partial charge in [0.15, 0.2) is 0 Å². The molecule has 7 rings (SSSR count). The second-order valence-corrected chi connectivity index (χ2v) is 13.7. The Morgan fingerprint density at radius 1 is 0.962 bits per heavy atom. The molecule has 18 heteroatoms. The number of anilines is 2. The molecule has 276 valence electrons. The minimum atomic E-state index is -5.01. The summed E-state index contributed by atoms with van der Waals surface area (Å²) in [4.78, 5) is 66.1. The Morgan fingerprint density at radius 2 is 1.64 bits per heavy atom. The van der Waals surface area contributed by atoms with E-state index in [0.717, 1.165) is 4.90 Å². The summed E-state index contributed by atoms with van der Waals surface area (Å²) in [7, 11) is 0. The van der Waals surface area contributed by atoms with Gasteiger partial charge in [-0.2, -0.15) is 35.8 Å². The molecule has 11 nitrogen and oxygen atoms in total. The molecule has 3 aromatic rings. The molecule has 53 heavy (non-hydrogen) atoms. The monoisotopic (exact) mass is 744 g/mol. The first-order valence-corrected chi connectivity index (χ1v) is 16.2. The molecule has 1 aromatic heterocycles. The quantitative estimate of drug-likeness (QED) is 0.215. The van der Waals surface area contributed by atoms with Crippen LogP contribution in [0.15, 0.2) is 48.8 Å². The average molecular weight is 745 g/mol. The van der Waals surface area contributed by atoms with Crippen molar-refractivity contribution in [2.45, 2.75) is 62.2 Å². The van der Waals surface area contributed by atoms with Crippen molar-refractivity contribution in [1.29, 1.82) is 0 Å². The lowest BCUT2D eigenvalue weighted by Gasteiger charge is -2.38. The van der Waals surface area contributed by atoms with Gasteiger partial charge in [-0.1, -0.05) is 11.8 Å². The van der Waals surface area contributed by atoms with E-state index in [2.05, 4.69) is 27.6 Å². The normalized spacial score (nSPS) is 21.1. The molecule has 4 heterocycles. The molecule has 3 fully saturated rings. The van der Waals surface area contributed by atoms with Crippen molar-refractivity contribution in [3.63, 3.8) is 0 Å². The summed E-state index contributed by atoms with van der Waals surface area (Å²) in [6.07, 6.45) is -2.20. The zero-order valence-electron chi connectivity index (χ0n) is 27.7. The molecule has 2 saturated heterocycles. The summed E-state index contributed by atoms with van der Waals surface area (Å²) in [5, 5.41) is 8.51. The highest BCUT2D eigenvalue weighted by molar-refractivity contribution is 6.23. The summed E-state index contributed by atoms with van der Waals surface area (Å²) in [5.74, 6) is -9.51. The fourth-order valence-electron chi connectivity index (χ4n) is 6.52. The molecule has 1 saturated carbocycles. The van der Waals surface area contributed by atoms with Crippen LogP contribution in [0, 0.1) is 17.8 Å². The smallest absolute Gasteiger partial charge is 0.369 e. The van der Waals surface area contributed by atoms with E-state index in [-0.39, 0.29) is 36.0 Å². The summed E-state index contributed by atoms with van der Waals surface area (Å²) in [6, 6.07) is 5.02. The lowest BCUT2D eigenvalue weighted by molar-refractivity contribution is -0.138. The number of piperidine rings is 1. The molecule has 3 aliphatic heterocycles. The lowest BCUT2D eigenvalue weighted by atomic mass is 9.98. The van der Waals surface area contributed by atoms with Crippen molar-refractivity contribution < 1.29 is 54.7 Å². The Morgan fingerprint density at radius 3 is 2.28 bits per heavy atom. The fraction of sp³-hybridized carbons (Fsp3) is 0.371. The molecule has 0 radical (unpaired) electrons. The van der Waals surface area contributed by atoms with Crippen molar-refractivity contribution in [3.8, 4) is 11.8 Å². The molecule has 2 aromatic carbocycles. The highest BCUT2D eigenvalue weighted by atomic mass is 19.4. The van der Waals surface area contributed by atoms with Gasteiger partial charge in [0.05, 0.1) is 34.4 Å². The SMILES string of the molecule is CC(C)(C(=O)Nc1ccc(C(F)(F)F)cc1C1C(F)(F)C1(F)F)n1cc(C#CC2CN(c3ccc4c(c3)C(=O)N(C3CCC(=O)NC3=O)C4=O)C2)cn1. The standard InChI is InChI=1S/C35H27F7N6O5/c1-32(2,31(53)44-24-8-5-19(35(40,41)42)11-23(24)27-33(36,37)34(27,38)39)47-16-17(13-43-47)3-4-18-14-46(15-18)20-6-7-21-22(12-20)30(52)48(29(21)51)25-9-10-26(49)45-28(25)50/h5-8,11-13,16,18,25,27H,9-10,14-15H2,1-2H3,(H,44,53)(H,45,49,50). The van der Waals surface area contributed by atoms with Crippen molar-refractivity contribution >= 4 is 40.9 Å². The van der Waals surface area contributed by atoms with Crippen LogP contribution in [-0.2, 0) is 26.1 Å². The summed E-state index contributed by atoms with van der Waals surface area (Å²) >= 11 is 0. The van der Waals surface area contributed by atoms with Crippen LogP contribution in [0.3, 0.4) is 0 Å². The number of amides is 5. The maximum Gasteiger partial charge on any atom is 0.416 e. The topological polar surface area (TPSA) is 134 Å². The first kappa shape index (κ1) is 35.7. The number of carbonyl (C=O) groups is 5. The molecule has 5 amide bonds. The van der Waals surface area contributed by atoms with Crippen molar-refractivity contribution in [2.24, 2.45) is 5.92 Å². The maximum absolute atomic E-state index is 13.9. The van der Waals surface area contributed by atoms with Crippen LogP contribution in [-0.4, -0.2) is 75.2 Å². The van der Waals surface area contributed by atoms with Crippen LogP contribution in [0.25, 0.3) is 0 Å². The highest BCUT2D eigenvalue weighted by Crippen LogP contribution is 2.69. The number of halogens is 7. The number of imide groups is 2. The molecule has 0 spiro atoms. The Kier molecular flexibility index (Phi) is 8.01. The van der Waals surface area contributed by atoms with Crippen LogP contribution in [0.2, 0.25) is 0 Å². The largest absolute Gasteiger partial charge is 0.416 e. The Balaban J connectivity index is 0.997. The third kappa shape index (κ3) is 5.87. The summed E-state index contributed by atoms with van der Waals surface area (Å²) < 4.78 is 96.8. The maximum atomic E-state index is 13.9. The van der Waals surface area contributed by atoms with Gasteiger partial charge < -0.3 is 10.2 Å². The average Bonchev–Trinajstić information content (AvgIpc) is 3.40. The van der Waals surface area contributed by atoms with Gasteiger partial charge in [-0.25, -0.2) is 0 Å². The van der Waals surface area contributed by atoms with Gasteiger partial charge in [-0.3, -0.25) is 38.9 Å². The van der Waals surface area contributed by atoms with Gasteiger partial charge in [0.1, 0.15) is 17.5 Å². The zero-order chi connectivity index (χ0) is 38.4. The molecular weight excluding hydrogens is 717 g/mol. The van der Waals surface area contributed by atoms with E-state index in [1.54, 1.807) is 12.1 Å². The van der Waals surface area contributed by atoms with Crippen LogP contribution in [0.4, 0.5) is 42.1 Å². The second kappa shape index (κ2) is 11.9. The van der Waals surface area contributed by atoms with E-state index >= 15 is 0 Å². The number of rotatable bonds is 6. The number of benzene rings is 2. The fourth-order valence-corrected chi connectivity index (χ4v) is 6.52. The van der Waals surface area contributed by atoms with Crippen molar-refractivity contribution in [2.75, 3.05) is 23.3 Å². The molecule has 1 unspecified atom stereocenters. The van der Waals surface area contributed by atoms with Crippen LogP contribution < -0.4 is 15.5 Å². The Labute approximate surface area is 295 Å². The van der Waals surface area contributed by atoms with E-state index in [1.165, 1.54) is 37.0 Å². The minimum Gasteiger partial charge on any atom is -0.369 e. The zero-order valence-corrected chi connectivity index (χ0v) is 27.7. The number of aromatic nitrogens is 2. The third-order valence-corrected chi connectivity index (χ3v) is 9.83. The second-order valence-electron chi connectivity index (χ2n) is 13.7. The van der Waals surface area contributed by atoms with E-state index in [0.29, 0.717) is 36.5 Å². The number of hydrogen-bond donors (Lipinski definition) is 2. The molecule has 1 atom stereocenters. The summed E-state index contributed by atoms with van der Waals surface area (Å²) in [5.41, 5.74) is -3.35. The minimum absolute atomic E-state index is 0.00356. The third-order valence-electron chi connectivity index (χ3n) is 9.83. The van der Waals surface area contributed by atoms with Gasteiger partial charge in [0.25, 0.3) is 17.7 Å². The molecular formula is C35H27F7N6O5. The Hall–Kier alpha value is -5.73.